The van der Waals surface area contributed by atoms with Gasteiger partial charge in [-0.15, -0.1) is 0 Å². The summed E-state index contributed by atoms with van der Waals surface area (Å²) in [6.07, 6.45) is 7.00. The number of fused-ring (bicyclic) bond motifs is 2. The Balaban J connectivity index is 1.20. The average molecular weight is 532 g/mol. The van der Waals surface area contributed by atoms with Crippen LogP contribution in [-0.2, 0) is 11.8 Å². The third-order valence-corrected chi connectivity index (χ3v) is 8.11. The number of aromatic hydroxyl groups is 1. The predicted octanol–water partition coefficient (Wildman–Crippen LogP) is 2.25. The molecule has 2 aromatic heterocycles. The average Bonchev–Trinajstić information content (AvgIpc) is 3.45. The number of aliphatic hydroxyl groups is 1. The fourth-order valence-corrected chi connectivity index (χ4v) is 6.01. The van der Waals surface area contributed by atoms with E-state index in [1.165, 1.54) is 6.07 Å². The van der Waals surface area contributed by atoms with Gasteiger partial charge in [-0.2, -0.15) is 0 Å². The molecule has 0 saturated carbocycles. The van der Waals surface area contributed by atoms with E-state index in [0.29, 0.717) is 25.4 Å². The SMILES string of the molecule is Cn1cc(/C=C2\Oc3cccc(O)c3C2=O)c2c(N3CCC(C(=O)N4CCN(CCO)CC4)CC3)ccnc21. The molecule has 3 aliphatic rings. The summed E-state index contributed by atoms with van der Waals surface area (Å²) in [4.78, 5) is 37.3. The normalized spacial score (nSPS) is 19.6. The number of nitrogens with zero attached hydrogens (tertiary/aromatic N) is 5. The number of Topliss-reactive ketones (excluding diaryl/α,β-unsaturated/α-hetero) is 1. The van der Waals surface area contributed by atoms with Gasteiger partial charge < -0.3 is 29.3 Å². The van der Waals surface area contributed by atoms with Crippen molar-refractivity contribution in [3.8, 4) is 11.5 Å². The number of β-amino-alcohol motifs (C(OH)–C–C–N with tert-alkyl or cyclic N) is 1. The van der Waals surface area contributed by atoms with E-state index in [0.717, 1.165) is 61.3 Å². The summed E-state index contributed by atoms with van der Waals surface area (Å²) in [5.41, 5.74) is 2.81. The molecule has 1 amide bonds. The van der Waals surface area contributed by atoms with Crippen LogP contribution in [0, 0.1) is 5.92 Å². The maximum Gasteiger partial charge on any atom is 0.235 e. The number of pyridine rings is 1. The van der Waals surface area contributed by atoms with Crippen molar-refractivity contribution in [3.63, 3.8) is 0 Å². The van der Waals surface area contributed by atoms with Gasteiger partial charge in [-0.25, -0.2) is 4.98 Å². The number of amides is 1. The van der Waals surface area contributed by atoms with Crippen LogP contribution in [0.3, 0.4) is 0 Å². The maximum atomic E-state index is 13.2. The Labute approximate surface area is 226 Å². The molecule has 2 saturated heterocycles. The lowest BCUT2D eigenvalue weighted by Gasteiger charge is -2.39. The Morgan fingerprint density at radius 3 is 2.62 bits per heavy atom. The number of ether oxygens (including phenoxy) is 1. The highest BCUT2D eigenvalue weighted by Crippen LogP contribution is 2.39. The van der Waals surface area contributed by atoms with E-state index in [1.54, 1.807) is 24.4 Å². The smallest absolute Gasteiger partial charge is 0.235 e. The maximum absolute atomic E-state index is 13.2. The molecule has 5 heterocycles. The number of ketones is 1. The van der Waals surface area contributed by atoms with Crippen molar-refractivity contribution >= 4 is 34.5 Å². The number of phenols is 1. The molecule has 10 heteroatoms. The largest absolute Gasteiger partial charge is 0.507 e. The lowest BCUT2D eigenvalue weighted by molar-refractivity contribution is -0.138. The quantitative estimate of drug-likeness (QED) is 0.483. The van der Waals surface area contributed by atoms with E-state index in [1.807, 2.05) is 28.8 Å². The van der Waals surface area contributed by atoms with Gasteiger partial charge in [0.25, 0.3) is 0 Å². The summed E-state index contributed by atoms with van der Waals surface area (Å²) in [5, 5.41) is 20.3. The van der Waals surface area contributed by atoms with Gasteiger partial charge in [0.05, 0.1) is 6.61 Å². The highest BCUT2D eigenvalue weighted by atomic mass is 16.5. The number of carbonyl (C=O) groups is 2. The molecule has 2 fully saturated rings. The minimum Gasteiger partial charge on any atom is -0.507 e. The van der Waals surface area contributed by atoms with Gasteiger partial charge in [0.15, 0.2) is 5.76 Å². The molecule has 0 unspecified atom stereocenters. The van der Waals surface area contributed by atoms with Crippen LogP contribution < -0.4 is 9.64 Å². The van der Waals surface area contributed by atoms with Gasteiger partial charge in [0, 0.05) is 87.8 Å². The lowest BCUT2D eigenvalue weighted by Crippen LogP contribution is -2.52. The Morgan fingerprint density at radius 1 is 1.13 bits per heavy atom. The minimum absolute atomic E-state index is 0.0102. The van der Waals surface area contributed by atoms with E-state index in [4.69, 9.17) is 9.84 Å². The molecule has 0 radical (unpaired) electrons. The topological polar surface area (TPSA) is 111 Å². The summed E-state index contributed by atoms with van der Waals surface area (Å²) in [6.45, 7) is 5.36. The molecule has 0 bridgehead atoms. The Hall–Kier alpha value is -3.89. The minimum atomic E-state index is -0.345. The molecular weight excluding hydrogens is 498 g/mol. The zero-order valence-corrected chi connectivity index (χ0v) is 22.0. The summed E-state index contributed by atoms with van der Waals surface area (Å²) < 4.78 is 7.75. The second kappa shape index (κ2) is 10.3. The first-order chi connectivity index (χ1) is 18.9. The van der Waals surface area contributed by atoms with Crippen molar-refractivity contribution in [1.82, 2.24) is 19.4 Å². The van der Waals surface area contributed by atoms with Crippen molar-refractivity contribution in [1.29, 1.82) is 0 Å². The van der Waals surface area contributed by atoms with Gasteiger partial charge in [-0.3, -0.25) is 14.5 Å². The van der Waals surface area contributed by atoms with Crippen molar-refractivity contribution in [3.05, 3.63) is 53.5 Å². The first-order valence-electron chi connectivity index (χ1n) is 13.5. The standard InChI is InChI=1S/C29H33N5O5/c1-31-18-20(17-24-27(37)26-22(36)3-2-4-23(26)39-24)25-21(5-8-30-28(25)31)33-9-6-19(7-10-33)29(38)34-13-11-32(12-14-34)15-16-35/h2-5,8,17-19,35-36H,6-7,9-16H2,1H3/b24-17-. The summed E-state index contributed by atoms with van der Waals surface area (Å²) in [6, 6.07) is 6.79. The van der Waals surface area contributed by atoms with Crippen LogP contribution in [0.25, 0.3) is 17.1 Å². The van der Waals surface area contributed by atoms with Crippen molar-refractivity contribution in [2.45, 2.75) is 12.8 Å². The van der Waals surface area contributed by atoms with E-state index in [2.05, 4.69) is 14.8 Å². The van der Waals surface area contributed by atoms with Crippen molar-refractivity contribution in [2.24, 2.45) is 13.0 Å². The number of piperazine rings is 1. The molecule has 0 atom stereocenters. The third kappa shape index (κ3) is 4.63. The molecule has 204 valence electrons. The summed E-state index contributed by atoms with van der Waals surface area (Å²) in [7, 11) is 1.92. The summed E-state index contributed by atoms with van der Waals surface area (Å²) >= 11 is 0. The first-order valence-corrected chi connectivity index (χ1v) is 13.5. The van der Waals surface area contributed by atoms with Gasteiger partial charge in [0.1, 0.15) is 22.7 Å². The van der Waals surface area contributed by atoms with Gasteiger partial charge in [-0.1, -0.05) is 6.07 Å². The summed E-state index contributed by atoms with van der Waals surface area (Å²) in [5.74, 6) is 0.329. The number of aromatic nitrogens is 2. The van der Waals surface area contributed by atoms with Crippen molar-refractivity contribution < 1.29 is 24.5 Å². The van der Waals surface area contributed by atoms with Gasteiger partial charge in [0.2, 0.25) is 11.7 Å². The molecular formula is C29H33N5O5. The first kappa shape index (κ1) is 25.4. The zero-order valence-electron chi connectivity index (χ0n) is 22.0. The number of aryl methyl sites for hydroxylation is 1. The molecule has 10 nitrogen and oxygen atoms in total. The second-order valence-electron chi connectivity index (χ2n) is 10.5. The third-order valence-electron chi connectivity index (χ3n) is 8.11. The van der Waals surface area contributed by atoms with E-state index in [-0.39, 0.29) is 41.3 Å². The van der Waals surface area contributed by atoms with E-state index >= 15 is 0 Å². The van der Waals surface area contributed by atoms with Crippen LogP contribution in [-0.4, -0.2) is 93.7 Å². The lowest BCUT2D eigenvalue weighted by atomic mass is 9.94. The van der Waals surface area contributed by atoms with Crippen LogP contribution >= 0.6 is 0 Å². The number of rotatable bonds is 5. The highest BCUT2D eigenvalue weighted by Gasteiger charge is 2.33. The number of hydrogen-bond acceptors (Lipinski definition) is 8. The number of phenolic OH excluding ortho intramolecular Hbond substituents is 1. The Bertz CT molecular complexity index is 1450. The predicted molar refractivity (Wildman–Crippen MR) is 147 cm³/mol. The second-order valence-corrected chi connectivity index (χ2v) is 10.5. The van der Waals surface area contributed by atoms with E-state index < -0.39 is 0 Å². The molecule has 6 rings (SSSR count). The Kier molecular flexibility index (Phi) is 6.74. The number of benzene rings is 1. The number of allylic oxidation sites excluding steroid dienone is 1. The molecule has 39 heavy (non-hydrogen) atoms. The van der Waals surface area contributed by atoms with Gasteiger partial charge >= 0.3 is 0 Å². The van der Waals surface area contributed by atoms with Gasteiger partial charge in [-0.05, 0) is 37.1 Å². The number of anilines is 1. The van der Waals surface area contributed by atoms with Crippen LogP contribution in [0.5, 0.6) is 11.5 Å². The van der Waals surface area contributed by atoms with Crippen LogP contribution in [0.1, 0.15) is 28.8 Å². The number of piperidine rings is 1. The number of hydrogen-bond donors (Lipinski definition) is 2. The van der Waals surface area contributed by atoms with Crippen LogP contribution in [0.4, 0.5) is 5.69 Å². The van der Waals surface area contributed by atoms with E-state index in [9.17, 15) is 14.7 Å². The fourth-order valence-electron chi connectivity index (χ4n) is 6.01. The molecule has 0 aliphatic carbocycles. The Morgan fingerprint density at radius 2 is 1.90 bits per heavy atom. The van der Waals surface area contributed by atoms with Crippen LogP contribution in [0.15, 0.2) is 42.4 Å². The molecule has 1 aromatic carbocycles. The highest BCUT2D eigenvalue weighted by molar-refractivity contribution is 6.17. The fraction of sp³-hybridized carbons (Fsp3) is 0.414. The number of carbonyl (C=O) groups excluding carboxylic acids is 2. The van der Waals surface area contributed by atoms with Crippen LogP contribution in [0.2, 0.25) is 0 Å². The molecule has 3 aromatic rings. The number of aliphatic hydroxyl groups excluding tert-OH is 1. The molecule has 3 aliphatic heterocycles. The monoisotopic (exact) mass is 531 g/mol. The van der Waals surface area contributed by atoms with Crippen molar-refractivity contribution in [2.75, 3.05) is 57.3 Å². The molecule has 2 N–H and O–H groups in total. The molecule has 0 spiro atoms. The zero-order chi connectivity index (χ0) is 27.1.